The lowest BCUT2D eigenvalue weighted by atomic mass is 10.3. The Kier molecular flexibility index (Phi) is 6.29. The Balaban J connectivity index is 1.21. The van der Waals surface area contributed by atoms with Gasteiger partial charge in [0.25, 0.3) is 0 Å². The number of furan rings is 1. The van der Waals surface area contributed by atoms with Crippen LogP contribution in [0.2, 0.25) is 0 Å². The first-order chi connectivity index (χ1) is 15.8. The molecule has 0 aliphatic carbocycles. The molecule has 0 atom stereocenters. The van der Waals surface area contributed by atoms with E-state index in [1.807, 2.05) is 35.2 Å². The largest absolute Gasteiger partial charge is 0.467 e. The van der Waals surface area contributed by atoms with E-state index in [0.717, 1.165) is 48.9 Å². The summed E-state index contributed by atoms with van der Waals surface area (Å²) in [4.78, 5) is 23.7. The van der Waals surface area contributed by atoms with Gasteiger partial charge in [-0.25, -0.2) is 4.98 Å². The number of thioether (sulfide) groups is 1. The number of hydrogen-bond donors (Lipinski definition) is 0. The fourth-order valence-electron chi connectivity index (χ4n) is 4.18. The van der Waals surface area contributed by atoms with Crippen LogP contribution in [0.5, 0.6) is 0 Å². The third-order valence-corrected chi connectivity index (χ3v) is 6.86. The van der Waals surface area contributed by atoms with Gasteiger partial charge in [0.2, 0.25) is 11.9 Å². The number of piperazine rings is 1. The lowest BCUT2D eigenvalue weighted by Crippen LogP contribution is -2.49. The molecule has 2 aliphatic rings. The summed E-state index contributed by atoms with van der Waals surface area (Å²) in [5.41, 5.74) is 0. The van der Waals surface area contributed by atoms with Gasteiger partial charge in [-0.05, 0) is 37.1 Å². The minimum Gasteiger partial charge on any atom is -0.467 e. The van der Waals surface area contributed by atoms with Crippen LogP contribution < -0.4 is 9.80 Å². The van der Waals surface area contributed by atoms with Crippen LogP contribution in [0.25, 0.3) is 0 Å². The number of carbonyl (C=O) groups is 1. The fraction of sp³-hybridized carbons (Fsp3) is 0.455. The molecule has 0 radical (unpaired) electrons. The average Bonchev–Trinajstić information content (AvgIpc) is 3.61. The molecule has 168 valence electrons. The van der Waals surface area contributed by atoms with Crippen LogP contribution in [0, 0.1) is 0 Å². The number of anilines is 2. The molecule has 2 saturated heterocycles. The summed E-state index contributed by atoms with van der Waals surface area (Å²) in [6.45, 7) is 5.52. The van der Waals surface area contributed by atoms with E-state index in [1.165, 1.54) is 24.6 Å². The molecule has 0 unspecified atom stereocenters. The molecule has 0 bridgehead atoms. The molecule has 3 aromatic heterocycles. The molecule has 1 amide bonds. The highest BCUT2D eigenvalue weighted by molar-refractivity contribution is 7.99. The Bertz CT molecular complexity index is 1010. The first kappa shape index (κ1) is 20.9. The predicted octanol–water partition coefficient (Wildman–Crippen LogP) is 2.36. The van der Waals surface area contributed by atoms with Crippen LogP contribution in [0.15, 0.2) is 52.4 Å². The van der Waals surface area contributed by atoms with Crippen LogP contribution >= 0.6 is 11.8 Å². The molecule has 0 spiro atoms. The lowest BCUT2D eigenvalue weighted by Gasteiger charge is -2.35. The number of nitrogens with zero attached hydrogens (tertiary/aromatic N) is 7. The van der Waals surface area contributed by atoms with Crippen molar-refractivity contribution in [1.29, 1.82) is 0 Å². The minimum atomic E-state index is 0.131. The van der Waals surface area contributed by atoms with Crippen molar-refractivity contribution in [2.45, 2.75) is 24.5 Å². The van der Waals surface area contributed by atoms with Crippen molar-refractivity contribution in [3.63, 3.8) is 0 Å². The van der Waals surface area contributed by atoms with Crippen molar-refractivity contribution in [1.82, 2.24) is 24.6 Å². The molecular weight excluding hydrogens is 426 g/mol. The van der Waals surface area contributed by atoms with Crippen LogP contribution in [0.4, 0.5) is 11.8 Å². The molecule has 0 aromatic carbocycles. The van der Waals surface area contributed by atoms with Gasteiger partial charge in [0.05, 0.1) is 18.6 Å². The summed E-state index contributed by atoms with van der Waals surface area (Å²) < 4.78 is 7.63. The number of aromatic nitrogens is 4. The molecule has 0 saturated carbocycles. The second kappa shape index (κ2) is 9.64. The Morgan fingerprint density at radius 1 is 0.969 bits per heavy atom. The van der Waals surface area contributed by atoms with E-state index in [0.29, 0.717) is 25.4 Å². The number of hydrogen-bond acceptors (Lipinski definition) is 8. The smallest absolute Gasteiger partial charge is 0.233 e. The van der Waals surface area contributed by atoms with E-state index < -0.39 is 0 Å². The van der Waals surface area contributed by atoms with Gasteiger partial charge < -0.3 is 19.1 Å². The standard InChI is InChI=1S/C22H27N7O2S/c30-20(27-13-11-26(12-14-27)19-7-1-2-8-23-19)17-32-22-25-24-21(28-9-3-4-10-28)29(22)16-18-6-5-15-31-18/h1-2,5-8,15H,3-4,9-14,16-17H2. The molecular formula is C22H27N7O2S. The van der Waals surface area contributed by atoms with Crippen LogP contribution in [-0.2, 0) is 11.3 Å². The Morgan fingerprint density at radius 3 is 2.53 bits per heavy atom. The zero-order valence-electron chi connectivity index (χ0n) is 18.0. The molecule has 5 heterocycles. The van der Waals surface area contributed by atoms with E-state index >= 15 is 0 Å². The first-order valence-electron chi connectivity index (χ1n) is 11.0. The number of rotatable bonds is 7. The van der Waals surface area contributed by atoms with Crippen molar-refractivity contribution in [2.75, 3.05) is 54.8 Å². The molecule has 10 heteroatoms. The van der Waals surface area contributed by atoms with Gasteiger partial charge in [0.15, 0.2) is 5.16 Å². The summed E-state index contributed by atoms with van der Waals surface area (Å²) in [7, 11) is 0. The molecule has 3 aromatic rings. The third kappa shape index (κ3) is 4.59. The normalized spacial score (nSPS) is 16.7. The highest BCUT2D eigenvalue weighted by Gasteiger charge is 2.25. The minimum absolute atomic E-state index is 0.131. The van der Waals surface area contributed by atoms with Gasteiger partial charge in [0, 0.05) is 45.5 Å². The third-order valence-electron chi connectivity index (χ3n) is 5.91. The predicted molar refractivity (Wildman–Crippen MR) is 123 cm³/mol. The van der Waals surface area contributed by atoms with E-state index in [2.05, 4.69) is 29.5 Å². The van der Waals surface area contributed by atoms with Crippen LogP contribution in [-0.4, -0.2) is 75.6 Å². The Hall–Kier alpha value is -3.01. The van der Waals surface area contributed by atoms with Crippen LogP contribution in [0.3, 0.4) is 0 Å². The van der Waals surface area contributed by atoms with Gasteiger partial charge >= 0.3 is 0 Å². The molecule has 32 heavy (non-hydrogen) atoms. The maximum Gasteiger partial charge on any atom is 0.233 e. The summed E-state index contributed by atoms with van der Waals surface area (Å²) >= 11 is 1.45. The maximum atomic E-state index is 12.9. The Morgan fingerprint density at radius 2 is 1.81 bits per heavy atom. The van der Waals surface area contributed by atoms with Crippen molar-refractivity contribution < 1.29 is 9.21 Å². The second-order valence-corrected chi connectivity index (χ2v) is 8.93. The van der Waals surface area contributed by atoms with Crippen molar-refractivity contribution in [3.8, 4) is 0 Å². The zero-order chi connectivity index (χ0) is 21.8. The molecule has 9 nitrogen and oxygen atoms in total. The lowest BCUT2D eigenvalue weighted by molar-refractivity contribution is -0.128. The van der Waals surface area contributed by atoms with Crippen molar-refractivity contribution in [3.05, 3.63) is 48.6 Å². The monoisotopic (exact) mass is 453 g/mol. The van der Waals surface area contributed by atoms with Gasteiger partial charge in [-0.3, -0.25) is 9.36 Å². The van der Waals surface area contributed by atoms with Crippen molar-refractivity contribution >= 4 is 29.4 Å². The number of carbonyl (C=O) groups excluding carboxylic acids is 1. The van der Waals surface area contributed by atoms with Crippen LogP contribution in [0.1, 0.15) is 18.6 Å². The van der Waals surface area contributed by atoms with Gasteiger partial charge in [-0.2, -0.15) is 0 Å². The summed E-state index contributed by atoms with van der Waals surface area (Å²) in [5.74, 6) is 3.15. The summed E-state index contributed by atoms with van der Waals surface area (Å²) in [5, 5.41) is 9.62. The SMILES string of the molecule is O=C(CSc1nnc(N2CCCC2)n1Cc1ccco1)N1CCN(c2ccccn2)CC1. The molecule has 5 rings (SSSR count). The topological polar surface area (TPSA) is 83.5 Å². The summed E-state index contributed by atoms with van der Waals surface area (Å²) in [6.07, 6.45) is 5.81. The van der Waals surface area contributed by atoms with E-state index in [-0.39, 0.29) is 5.91 Å². The van der Waals surface area contributed by atoms with Gasteiger partial charge in [-0.15, -0.1) is 10.2 Å². The molecule has 2 fully saturated rings. The quantitative estimate of drug-likeness (QED) is 0.504. The van der Waals surface area contributed by atoms with Gasteiger partial charge in [-0.1, -0.05) is 17.8 Å². The molecule has 2 aliphatic heterocycles. The van der Waals surface area contributed by atoms with Crippen molar-refractivity contribution in [2.24, 2.45) is 0 Å². The Labute approximate surface area is 191 Å². The zero-order valence-corrected chi connectivity index (χ0v) is 18.8. The summed E-state index contributed by atoms with van der Waals surface area (Å²) in [6, 6.07) is 9.76. The van der Waals surface area contributed by atoms with Gasteiger partial charge in [0.1, 0.15) is 11.6 Å². The van der Waals surface area contributed by atoms with E-state index in [9.17, 15) is 4.79 Å². The van der Waals surface area contributed by atoms with E-state index in [4.69, 9.17) is 4.42 Å². The number of amides is 1. The highest BCUT2D eigenvalue weighted by atomic mass is 32.2. The number of pyridine rings is 1. The average molecular weight is 454 g/mol. The highest BCUT2D eigenvalue weighted by Crippen LogP contribution is 2.26. The second-order valence-electron chi connectivity index (χ2n) is 7.99. The van der Waals surface area contributed by atoms with E-state index in [1.54, 1.807) is 12.5 Å². The fourth-order valence-corrected chi connectivity index (χ4v) is 5.01. The molecule has 0 N–H and O–H groups in total. The maximum absolute atomic E-state index is 12.9. The first-order valence-corrected chi connectivity index (χ1v) is 12.0.